The molecule has 0 bridgehead atoms. The van der Waals surface area contributed by atoms with E-state index in [9.17, 15) is 0 Å². The van der Waals surface area contributed by atoms with E-state index in [-0.39, 0.29) is 6.61 Å². The minimum atomic E-state index is 0.0748. The third-order valence-electron chi connectivity index (χ3n) is 4.04. The van der Waals surface area contributed by atoms with Gasteiger partial charge in [-0.15, -0.1) is 0 Å². The summed E-state index contributed by atoms with van der Waals surface area (Å²) in [6.07, 6.45) is 0. The topological polar surface area (TPSA) is 41.5 Å². The van der Waals surface area contributed by atoms with Crippen LogP contribution in [0.4, 0.5) is 0 Å². The third kappa shape index (κ3) is 5.18. The van der Waals surface area contributed by atoms with E-state index in [4.69, 9.17) is 9.84 Å². The number of hydrogen-bond acceptors (Lipinski definition) is 3. The van der Waals surface area contributed by atoms with Crippen LogP contribution in [0, 0.1) is 0 Å². The Morgan fingerprint density at radius 1 is 0.720 bits per heavy atom. The van der Waals surface area contributed by atoms with E-state index >= 15 is 0 Å². The molecule has 3 aromatic carbocycles. The minimum absolute atomic E-state index is 0.0748. The zero-order chi connectivity index (χ0) is 17.3. The molecular weight excluding hydrogens is 310 g/mol. The summed E-state index contributed by atoms with van der Waals surface area (Å²) in [5.41, 5.74) is 4.47. The van der Waals surface area contributed by atoms with E-state index in [2.05, 4.69) is 29.6 Å². The molecular formula is C22H23NO2. The largest absolute Gasteiger partial charge is 0.492 e. The number of aliphatic hydroxyl groups excluding tert-OH is 1. The van der Waals surface area contributed by atoms with Gasteiger partial charge in [0.2, 0.25) is 0 Å². The van der Waals surface area contributed by atoms with Gasteiger partial charge in [-0.05, 0) is 34.4 Å². The van der Waals surface area contributed by atoms with E-state index in [1.54, 1.807) is 0 Å². The zero-order valence-corrected chi connectivity index (χ0v) is 14.2. The van der Waals surface area contributed by atoms with Crippen LogP contribution in [0.1, 0.15) is 11.1 Å². The third-order valence-corrected chi connectivity index (χ3v) is 4.04. The van der Waals surface area contributed by atoms with Crippen LogP contribution in [0.5, 0.6) is 5.75 Å². The van der Waals surface area contributed by atoms with Crippen LogP contribution in [0.3, 0.4) is 0 Å². The first-order chi connectivity index (χ1) is 12.3. The van der Waals surface area contributed by atoms with Gasteiger partial charge in [0.1, 0.15) is 12.4 Å². The molecule has 0 spiro atoms. The summed E-state index contributed by atoms with van der Waals surface area (Å²) in [6, 6.07) is 26.4. The highest BCUT2D eigenvalue weighted by atomic mass is 16.5. The molecule has 3 heteroatoms. The number of nitrogens with one attached hydrogen (secondary N) is 1. The summed E-state index contributed by atoms with van der Waals surface area (Å²) < 4.78 is 5.78. The van der Waals surface area contributed by atoms with Crippen LogP contribution in [0.15, 0.2) is 78.9 Å². The summed E-state index contributed by atoms with van der Waals surface area (Å²) in [5, 5.41) is 12.5. The number of rotatable bonds is 8. The quantitative estimate of drug-likeness (QED) is 0.612. The fourth-order valence-electron chi connectivity index (χ4n) is 2.62. The van der Waals surface area contributed by atoms with Crippen LogP contribution in [-0.2, 0) is 13.2 Å². The average molecular weight is 333 g/mol. The van der Waals surface area contributed by atoms with Crippen molar-refractivity contribution >= 4 is 0 Å². The lowest BCUT2D eigenvalue weighted by atomic mass is 10.0. The molecule has 0 saturated heterocycles. The van der Waals surface area contributed by atoms with Gasteiger partial charge >= 0.3 is 0 Å². The lowest BCUT2D eigenvalue weighted by molar-refractivity contribution is 0.282. The van der Waals surface area contributed by atoms with E-state index in [1.165, 1.54) is 5.56 Å². The Kier molecular flexibility index (Phi) is 6.21. The highest BCUT2D eigenvalue weighted by Gasteiger charge is 2.00. The van der Waals surface area contributed by atoms with Gasteiger partial charge in [-0.1, -0.05) is 66.7 Å². The van der Waals surface area contributed by atoms with Crippen molar-refractivity contribution < 1.29 is 9.84 Å². The maximum absolute atomic E-state index is 9.10. The molecule has 0 aromatic heterocycles. The Hall–Kier alpha value is -2.62. The average Bonchev–Trinajstić information content (AvgIpc) is 2.69. The molecule has 0 atom stereocenters. The van der Waals surface area contributed by atoms with Gasteiger partial charge in [-0.2, -0.15) is 0 Å². The highest BCUT2D eigenvalue weighted by Crippen LogP contribution is 2.22. The van der Waals surface area contributed by atoms with Gasteiger partial charge < -0.3 is 15.2 Å². The summed E-state index contributed by atoms with van der Waals surface area (Å²) in [4.78, 5) is 0. The Morgan fingerprint density at radius 3 is 2.00 bits per heavy atom. The molecule has 0 aliphatic heterocycles. The first-order valence-electron chi connectivity index (χ1n) is 8.53. The second kappa shape index (κ2) is 9.02. The molecule has 0 aliphatic carbocycles. The fraction of sp³-hybridized carbons (Fsp3) is 0.182. The minimum Gasteiger partial charge on any atom is -0.492 e. The van der Waals surface area contributed by atoms with Gasteiger partial charge in [0, 0.05) is 13.1 Å². The number of hydrogen-bond donors (Lipinski definition) is 2. The maximum atomic E-state index is 9.10. The molecule has 0 saturated carbocycles. The fourth-order valence-corrected chi connectivity index (χ4v) is 2.62. The van der Waals surface area contributed by atoms with E-state index in [1.807, 2.05) is 54.6 Å². The SMILES string of the molecule is OCc1ccc(-c2ccc(OCCNCc3ccccc3)cc2)cc1. The van der Waals surface area contributed by atoms with Crippen LogP contribution in [0.2, 0.25) is 0 Å². The van der Waals surface area contributed by atoms with Crippen molar-refractivity contribution in [3.05, 3.63) is 90.0 Å². The lowest BCUT2D eigenvalue weighted by Gasteiger charge is -2.09. The molecule has 0 aliphatic rings. The zero-order valence-electron chi connectivity index (χ0n) is 14.2. The lowest BCUT2D eigenvalue weighted by Crippen LogP contribution is -2.20. The first-order valence-corrected chi connectivity index (χ1v) is 8.53. The molecule has 3 rings (SSSR count). The second-order valence-electron chi connectivity index (χ2n) is 5.89. The number of ether oxygens (including phenoxy) is 1. The molecule has 3 aromatic rings. The van der Waals surface area contributed by atoms with Gasteiger partial charge in [0.25, 0.3) is 0 Å². The molecule has 2 N–H and O–H groups in total. The molecule has 0 radical (unpaired) electrons. The van der Waals surface area contributed by atoms with Gasteiger partial charge in [0.15, 0.2) is 0 Å². The normalized spacial score (nSPS) is 10.6. The van der Waals surface area contributed by atoms with Gasteiger partial charge in [-0.3, -0.25) is 0 Å². The second-order valence-corrected chi connectivity index (χ2v) is 5.89. The molecule has 0 unspecified atom stereocenters. The standard InChI is InChI=1S/C22H23NO2/c24-17-19-6-8-20(9-7-19)21-10-12-22(13-11-21)25-15-14-23-16-18-4-2-1-3-5-18/h1-13,23-24H,14-17H2. The molecule has 128 valence electrons. The predicted octanol–water partition coefficient (Wildman–Crippen LogP) is 4.01. The summed E-state index contributed by atoms with van der Waals surface area (Å²) in [7, 11) is 0. The van der Waals surface area contributed by atoms with Crippen molar-refractivity contribution in [2.24, 2.45) is 0 Å². The smallest absolute Gasteiger partial charge is 0.119 e. The van der Waals surface area contributed by atoms with E-state index in [0.717, 1.165) is 35.5 Å². The monoisotopic (exact) mass is 333 g/mol. The highest BCUT2D eigenvalue weighted by molar-refractivity contribution is 5.64. The molecule has 0 heterocycles. The van der Waals surface area contributed by atoms with Crippen molar-refractivity contribution in [1.29, 1.82) is 0 Å². The maximum Gasteiger partial charge on any atom is 0.119 e. The van der Waals surface area contributed by atoms with Crippen molar-refractivity contribution in [1.82, 2.24) is 5.32 Å². The van der Waals surface area contributed by atoms with E-state index in [0.29, 0.717) is 6.61 Å². The summed E-state index contributed by atoms with van der Waals surface area (Å²) >= 11 is 0. The van der Waals surface area contributed by atoms with Crippen LogP contribution < -0.4 is 10.1 Å². The Bertz CT molecular complexity index is 752. The molecule has 25 heavy (non-hydrogen) atoms. The molecule has 0 fully saturated rings. The van der Waals surface area contributed by atoms with Gasteiger partial charge in [-0.25, -0.2) is 0 Å². The predicted molar refractivity (Wildman–Crippen MR) is 101 cm³/mol. The van der Waals surface area contributed by atoms with Crippen molar-refractivity contribution in [2.75, 3.05) is 13.2 Å². The Labute approximate surface area is 148 Å². The van der Waals surface area contributed by atoms with Gasteiger partial charge in [0.05, 0.1) is 6.61 Å². The Morgan fingerprint density at radius 2 is 1.36 bits per heavy atom. The number of aliphatic hydroxyl groups is 1. The Balaban J connectivity index is 1.44. The molecule has 3 nitrogen and oxygen atoms in total. The summed E-state index contributed by atoms with van der Waals surface area (Å²) in [6.45, 7) is 2.37. The first kappa shape index (κ1) is 17.2. The van der Waals surface area contributed by atoms with Crippen LogP contribution >= 0.6 is 0 Å². The van der Waals surface area contributed by atoms with Crippen molar-refractivity contribution in [3.8, 4) is 16.9 Å². The van der Waals surface area contributed by atoms with E-state index < -0.39 is 0 Å². The van der Waals surface area contributed by atoms with Crippen molar-refractivity contribution in [2.45, 2.75) is 13.2 Å². The van der Waals surface area contributed by atoms with Crippen LogP contribution in [0.25, 0.3) is 11.1 Å². The summed E-state index contributed by atoms with van der Waals surface area (Å²) in [5.74, 6) is 0.872. The van der Waals surface area contributed by atoms with Crippen LogP contribution in [-0.4, -0.2) is 18.3 Å². The molecule has 0 amide bonds. The van der Waals surface area contributed by atoms with Crippen molar-refractivity contribution in [3.63, 3.8) is 0 Å². The number of benzene rings is 3.